The second kappa shape index (κ2) is 4.55. The number of amides is 1. The van der Waals surface area contributed by atoms with E-state index in [1.165, 1.54) is 5.56 Å². The van der Waals surface area contributed by atoms with Crippen molar-refractivity contribution in [2.24, 2.45) is 5.73 Å². The highest BCUT2D eigenvalue weighted by molar-refractivity contribution is 7.07. The van der Waals surface area contributed by atoms with Crippen LogP contribution in [-0.2, 0) is 11.3 Å². The summed E-state index contributed by atoms with van der Waals surface area (Å²) in [7, 11) is 1.84. The largest absolute Gasteiger partial charge is 0.340 e. The summed E-state index contributed by atoms with van der Waals surface area (Å²) in [4.78, 5) is 14.0. The van der Waals surface area contributed by atoms with Crippen molar-refractivity contribution in [2.45, 2.75) is 37.8 Å². The van der Waals surface area contributed by atoms with Crippen molar-refractivity contribution in [1.29, 1.82) is 0 Å². The average molecular weight is 238 g/mol. The van der Waals surface area contributed by atoms with Crippen LogP contribution in [0.4, 0.5) is 0 Å². The monoisotopic (exact) mass is 238 g/mol. The van der Waals surface area contributed by atoms with Gasteiger partial charge in [0.15, 0.2) is 0 Å². The van der Waals surface area contributed by atoms with Gasteiger partial charge in [-0.15, -0.1) is 0 Å². The van der Waals surface area contributed by atoms with Gasteiger partial charge in [-0.1, -0.05) is 12.8 Å². The number of nitrogens with zero attached hydrogens (tertiary/aromatic N) is 1. The summed E-state index contributed by atoms with van der Waals surface area (Å²) in [5.74, 6) is 0.0937. The smallest absolute Gasteiger partial charge is 0.242 e. The van der Waals surface area contributed by atoms with Gasteiger partial charge >= 0.3 is 0 Å². The Kier molecular flexibility index (Phi) is 3.30. The first-order chi connectivity index (χ1) is 7.62. The molecule has 16 heavy (non-hydrogen) atoms. The molecule has 1 aromatic rings. The van der Waals surface area contributed by atoms with Crippen molar-refractivity contribution < 1.29 is 4.79 Å². The lowest BCUT2D eigenvalue weighted by atomic mass is 9.97. The maximum Gasteiger partial charge on any atom is 0.242 e. The summed E-state index contributed by atoms with van der Waals surface area (Å²) in [6.07, 6.45) is 3.82. The molecule has 0 saturated heterocycles. The summed E-state index contributed by atoms with van der Waals surface area (Å²) in [5, 5.41) is 4.10. The molecule has 1 amide bonds. The number of hydrogen-bond acceptors (Lipinski definition) is 3. The summed E-state index contributed by atoms with van der Waals surface area (Å²) in [6.45, 7) is 0.668. The molecule has 0 aromatic carbocycles. The molecule has 3 nitrogen and oxygen atoms in total. The van der Waals surface area contributed by atoms with E-state index < -0.39 is 5.54 Å². The third-order valence-electron chi connectivity index (χ3n) is 3.27. The standard InChI is InChI=1S/C12H18N2OS/c1-14(8-10-4-7-16-9-10)11(15)12(13)5-2-3-6-12/h4,7,9H,2-3,5-6,8,13H2,1H3. The minimum atomic E-state index is -0.592. The van der Waals surface area contributed by atoms with Gasteiger partial charge in [0.1, 0.15) is 0 Å². The molecule has 0 radical (unpaired) electrons. The molecule has 0 atom stereocenters. The number of likely N-dealkylation sites (N-methyl/N-ethyl adjacent to an activating group) is 1. The Morgan fingerprint density at radius 3 is 2.81 bits per heavy atom. The summed E-state index contributed by atoms with van der Waals surface area (Å²) in [6, 6.07) is 2.05. The first kappa shape index (κ1) is 11.6. The fraction of sp³-hybridized carbons (Fsp3) is 0.583. The first-order valence-electron chi connectivity index (χ1n) is 5.67. The van der Waals surface area contributed by atoms with Crippen LogP contribution in [0.15, 0.2) is 16.8 Å². The lowest BCUT2D eigenvalue weighted by Gasteiger charge is -2.28. The van der Waals surface area contributed by atoms with E-state index >= 15 is 0 Å². The van der Waals surface area contributed by atoms with Crippen molar-refractivity contribution in [3.8, 4) is 0 Å². The molecular weight excluding hydrogens is 220 g/mol. The van der Waals surface area contributed by atoms with Crippen LogP contribution in [0.25, 0.3) is 0 Å². The molecule has 1 saturated carbocycles. The van der Waals surface area contributed by atoms with Gasteiger partial charge in [0.2, 0.25) is 5.91 Å². The molecule has 1 fully saturated rings. The Labute approximate surface area is 100 Å². The topological polar surface area (TPSA) is 46.3 Å². The molecule has 1 aromatic heterocycles. The fourth-order valence-electron chi connectivity index (χ4n) is 2.33. The van der Waals surface area contributed by atoms with Gasteiger partial charge in [-0.3, -0.25) is 4.79 Å². The fourth-order valence-corrected chi connectivity index (χ4v) is 2.99. The number of hydrogen-bond donors (Lipinski definition) is 1. The number of nitrogens with two attached hydrogens (primary N) is 1. The molecule has 2 rings (SSSR count). The van der Waals surface area contributed by atoms with Crippen molar-refractivity contribution in [3.05, 3.63) is 22.4 Å². The number of carbonyl (C=O) groups excluding carboxylic acids is 1. The third-order valence-corrected chi connectivity index (χ3v) is 4.00. The minimum Gasteiger partial charge on any atom is -0.340 e. The van der Waals surface area contributed by atoms with E-state index in [0.717, 1.165) is 25.7 Å². The quantitative estimate of drug-likeness (QED) is 0.875. The molecule has 1 aliphatic carbocycles. The van der Waals surface area contributed by atoms with Crippen molar-refractivity contribution in [2.75, 3.05) is 7.05 Å². The van der Waals surface area contributed by atoms with Crippen LogP contribution >= 0.6 is 11.3 Å². The zero-order valence-corrected chi connectivity index (χ0v) is 10.4. The van der Waals surface area contributed by atoms with Crippen molar-refractivity contribution in [3.63, 3.8) is 0 Å². The van der Waals surface area contributed by atoms with E-state index in [0.29, 0.717) is 6.54 Å². The van der Waals surface area contributed by atoms with Crippen molar-refractivity contribution >= 4 is 17.2 Å². The van der Waals surface area contributed by atoms with Crippen LogP contribution in [0, 0.1) is 0 Å². The number of thiophene rings is 1. The number of rotatable bonds is 3. The van der Waals surface area contributed by atoms with Gasteiger partial charge in [0, 0.05) is 13.6 Å². The summed E-state index contributed by atoms with van der Waals surface area (Å²) in [5.41, 5.74) is 6.73. The van der Waals surface area contributed by atoms with Gasteiger partial charge in [-0.2, -0.15) is 11.3 Å². The maximum atomic E-state index is 12.2. The highest BCUT2D eigenvalue weighted by Crippen LogP contribution is 2.29. The Morgan fingerprint density at radius 1 is 1.56 bits per heavy atom. The average Bonchev–Trinajstić information content (AvgIpc) is 2.89. The third kappa shape index (κ3) is 2.28. The molecule has 4 heteroatoms. The first-order valence-corrected chi connectivity index (χ1v) is 6.62. The molecule has 0 aliphatic heterocycles. The molecule has 0 bridgehead atoms. The maximum absolute atomic E-state index is 12.2. The van der Waals surface area contributed by atoms with Crippen LogP contribution in [0.2, 0.25) is 0 Å². The molecule has 1 aliphatic rings. The normalized spacial score (nSPS) is 18.6. The van der Waals surface area contributed by atoms with Crippen LogP contribution < -0.4 is 5.73 Å². The zero-order chi connectivity index (χ0) is 11.6. The van der Waals surface area contributed by atoms with Gasteiger partial charge in [0.05, 0.1) is 5.54 Å². The lowest BCUT2D eigenvalue weighted by Crippen LogP contribution is -2.52. The van der Waals surface area contributed by atoms with Gasteiger partial charge in [0.25, 0.3) is 0 Å². The summed E-state index contributed by atoms with van der Waals surface area (Å²) >= 11 is 1.66. The van der Waals surface area contributed by atoms with Gasteiger partial charge in [-0.05, 0) is 35.2 Å². The second-order valence-corrected chi connectivity index (χ2v) is 5.44. The Hall–Kier alpha value is -0.870. The van der Waals surface area contributed by atoms with E-state index in [1.807, 2.05) is 18.5 Å². The Bertz CT molecular complexity index is 355. The SMILES string of the molecule is CN(Cc1ccsc1)C(=O)C1(N)CCCC1. The van der Waals surface area contributed by atoms with Crippen molar-refractivity contribution in [1.82, 2.24) is 4.90 Å². The van der Waals surface area contributed by atoms with E-state index in [4.69, 9.17) is 5.73 Å². The van der Waals surface area contributed by atoms with E-state index in [9.17, 15) is 4.79 Å². The van der Waals surface area contributed by atoms with E-state index in [1.54, 1.807) is 16.2 Å². The Balaban J connectivity index is 1.99. The molecule has 88 valence electrons. The predicted octanol–water partition coefficient (Wildman–Crippen LogP) is 1.98. The minimum absolute atomic E-state index is 0.0937. The van der Waals surface area contributed by atoms with Gasteiger partial charge in [-0.25, -0.2) is 0 Å². The van der Waals surface area contributed by atoms with Crippen LogP contribution in [0.3, 0.4) is 0 Å². The lowest BCUT2D eigenvalue weighted by molar-refractivity contribution is -0.136. The van der Waals surface area contributed by atoms with E-state index in [2.05, 4.69) is 5.38 Å². The predicted molar refractivity (Wildman–Crippen MR) is 66.2 cm³/mol. The van der Waals surface area contributed by atoms with Crippen LogP contribution in [0.5, 0.6) is 0 Å². The molecule has 1 heterocycles. The molecular formula is C12H18N2OS. The molecule has 0 spiro atoms. The Morgan fingerprint density at radius 2 is 2.25 bits per heavy atom. The zero-order valence-electron chi connectivity index (χ0n) is 9.61. The second-order valence-electron chi connectivity index (χ2n) is 4.66. The van der Waals surface area contributed by atoms with Crippen LogP contribution in [-0.4, -0.2) is 23.4 Å². The summed E-state index contributed by atoms with van der Waals surface area (Å²) < 4.78 is 0. The highest BCUT2D eigenvalue weighted by Gasteiger charge is 2.38. The number of carbonyl (C=O) groups is 1. The van der Waals surface area contributed by atoms with E-state index in [-0.39, 0.29) is 5.91 Å². The van der Waals surface area contributed by atoms with Crippen LogP contribution in [0.1, 0.15) is 31.2 Å². The highest BCUT2D eigenvalue weighted by atomic mass is 32.1. The molecule has 0 unspecified atom stereocenters. The van der Waals surface area contributed by atoms with Gasteiger partial charge < -0.3 is 10.6 Å². The molecule has 2 N–H and O–H groups in total.